The van der Waals surface area contributed by atoms with E-state index in [1.165, 1.54) is 12.1 Å². The number of aliphatic hydroxyl groups is 2. The first-order valence-corrected chi connectivity index (χ1v) is 16.1. The van der Waals surface area contributed by atoms with Crippen LogP contribution in [0.2, 0.25) is 0 Å². The zero-order valence-corrected chi connectivity index (χ0v) is 27.3. The molecule has 0 aliphatic carbocycles. The van der Waals surface area contributed by atoms with E-state index >= 15 is 0 Å². The van der Waals surface area contributed by atoms with Gasteiger partial charge in [0.2, 0.25) is 0 Å². The lowest BCUT2D eigenvalue weighted by Gasteiger charge is -2.21. The zero-order chi connectivity index (χ0) is 34.6. The number of hydrogen-bond acceptors (Lipinski definition) is 7. The first-order chi connectivity index (χ1) is 23.1. The van der Waals surface area contributed by atoms with Crippen LogP contribution in [0.3, 0.4) is 0 Å². The lowest BCUT2D eigenvalue weighted by Crippen LogP contribution is -2.22. The minimum absolute atomic E-state index is 0.121. The van der Waals surface area contributed by atoms with Gasteiger partial charge in [0.05, 0.1) is 43.1 Å². The average Bonchev–Trinajstić information content (AvgIpc) is 3.39. The number of nitrogens with one attached hydrogen (secondary N) is 1. The number of rotatable bonds is 18. The summed E-state index contributed by atoms with van der Waals surface area (Å²) in [4.78, 5) is 25.5. The molecule has 1 heterocycles. The molecule has 0 saturated carbocycles. The molecule has 6 N–H and O–H groups in total. The van der Waals surface area contributed by atoms with Crippen molar-refractivity contribution in [1.82, 2.24) is 4.57 Å². The molecule has 48 heavy (non-hydrogen) atoms. The van der Waals surface area contributed by atoms with Gasteiger partial charge in [-0.2, -0.15) is 0 Å². The molecule has 0 unspecified atom stereocenters. The Kier molecular flexibility index (Phi) is 13.3. The second kappa shape index (κ2) is 17.6. The number of ether oxygens (including phenoxy) is 2. The van der Waals surface area contributed by atoms with Gasteiger partial charge in [-0.3, -0.25) is 9.59 Å². The summed E-state index contributed by atoms with van der Waals surface area (Å²) >= 11 is 0. The van der Waals surface area contributed by atoms with Crippen molar-refractivity contribution in [3.63, 3.8) is 0 Å². The summed E-state index contributed by atoms with van der Waals surface area (Å²) in [5.41, 5.74) is 9.68. The molecule has 0 fully saturated rings. The van der Waals surface area contributed by atoms with Gasteiger partial charge in [0.15, 0.2) is 0 Å². The summed E-state index contributed by atoms with van der Waals surface area (Å²) in [6.07, 6.45) is -2.76. The van der Waals surface area contributed by atoms with Crippen molar-refractivity contribution in [2.45, 2.75) is 57.8 Å². The normalized spacial score (nSPS) is 12.6. The van der Waals surface area contributed by atoms with Gasteiger partial charge in [0.25, 0.3) is 5.91 Å². The zero-order valence-electron chi connectivity index (χ0n) is 27.3. The van der Waals surface area contributed by atoms with Crippen LogP contribution in [-0.2, 0) is 16.1 Å². The van der Waals surface area contributed by atoms with E-state index in [0.717, 1.165) is 5.56 Å². The Morgan fingerprint density at radius 2 is 1.62 bits per heavy atom. The fourth-order valence-electron chi connectivity index (χ4n) is 5.78. The van der Waals surface area contributed by atoms with Crippen LogP contribution in [0.25, 0.3) is 22.4 Å². The molecule has 0 aliphatic heterocycles. The SMILES string of the molecule is CC(C)c1c(C(=O)Nc2ccccc2)c(-c2ccccc2)c(-c2ccc(F)cc2OCCOCCN)n1CC[C@@H](O)C[C@@H](O)CC(=O)O. The number of aromatic nitrogens is 1. The Bertz CT molecular complexity index is 1640. The number of aliphatic hydroxyl groups excluding tert-OH is 2. The molecule has 0 aliphatic rings. The molecule has 0 spiro atoms. The van der Waals surface area contributed by atoms with Crippen LogP contribution in [0.4, 0.5) is 10.1 Å². The van der Waals surface area contributed by atoms with E-state index in [1.807, 2.05) is 66.9 Å². The van der Waals surface area contributed by atoms with Crippen LogP contribution in [0.1, 0.15) is 55.1 Å². The quantitative estimate of drug-likeness (QED) is 0.0855. The standard InChI is InChI=1S/C37H44FN3O7/c1-24(2)35-34(37(46)40-27-11-7-4-8-12-27)33(25-9-5-3-6-10-25)36(41(35)17-15-28(42)22-29(43)23-32(44)45)30-14-13-26(38)21-31(30)48-20-19-47-18-16-39/h3-14,21,24,28-29,42-43H,15-20,22-23,39H2,1-2H3,(H,40,46)(H,44,45)/t28-,29-/m1/s1. The van der Waals surface area contributed by atoms with Crippen LogP contribution < -0.4 is 15.8 Å². The van der Waals surface area contributed by atoms with Gasteiger partial charge in [0.1, 0.15) is 18.2 Å². The number of hydrogen-bond donors (Lipinski definition) is 5. The van der Waals surface area contributed by atoms with E-state index in [9.17, 15) is 24.2 Å². The molecule has 4 aromatic rings. The number of benzene rings is 3. The third kappa shape index (κ3) is 9.51. The molecule has 4 rings (SSSR count). The van der Waals surface area contributed by atoms with Crippen LogP contribution >= 0.6 is 0 Å². The van der Waals surface area contributed by atoms with Crippen molar-refractivity contribution in [2.24, 2.45) is 5.73 Å². The number of nitrogens with two attached hydrogens (primary N) is 1. The number of anilines is 1. The highest BCUT2D eigenvalue weighted by molar-refractivity contribution is 6.12. The smallest absolute Gasteiger partial charge is 0.305 e. The van der Waals surface area contributed by atoms with Gasteiger partial charge in [-0.25, -0.2) is 4.39 Å². The maximum absolute atomic E-state index is 14.8. The summed E-state index contributed by atoms with van der Waals surface area (Å²) in [6.45, 7) is 5.18. The van der Waals surface area contributed by atoms with Crippen LogP contribution in [0, 0.1) is 5.82 Å². The summed E-state index contributed by atoms with van der Waals surface area (Å²) in [6, 6.07) is 22.7. The average molecular weight is 662 g/mol. The molecular formula is C37H44FN3O7. The first kappa shape index (κ1) is 36.3. The molecule has 1 aromatic heterocycles. The molecule has 3 aromatic carbocycles. The maximum Gasteiger partial charge on any atom is 0.305 e. The van der Waals surface area contributed by atoms with Crippen molar-refractivity contribution in [3.05, 3.63) is 95.9 Å². The number of nitrogens with zero attached hydrogens (tertiary/aromatic N) is 1. The van der Waals surface area contributed by atoms with Crippen molar-refractivity contribution in [3.8, 4) is 28.1 Å². The van der Waals surface area contributed by atoms with Gasteiger partial charge in [0, 0.05) is 41.7 Å². The highest BCUT2D eigenvalue weighted by atomic mass is 19.1. The predicted octanol–water partition coefficient (Wildman–Crippen LogP) is 5.67. The van der Waals surface area contributed by atoms with Crippen molar-refractivity contribution < 1.29 is 38.8 Å². The van der Waals surface area contributed by atoms with Crippen LogP contribution in [0.5, 0.6) is 5.75 Å². The number of para-hydroxylation sites is 1. The largest absolute Gasteiger partial charge is 0.490 e. The third-order valence-corrected chi connectivity index (χ3v) is 7.76. The highest BCUT2D eigenvalue weighted by Gasteiger charge is 2.32. The summed E-state index contributed by atoms with van der Waals surface area (Å²) in [5, 5.41) is 33.2. The number of carbonyl (C=O) groups excluding carboxylic acids is 1. The van der Waals surface area contributed by atoms with Crippen molar-refractivity contribution in [1.29, 1.82) is 0 Å². The second-order valence-electron chi connectivity index (χ2n) is 11.8. The molecular weight excluding hydrogens is 617 g/mol. The molecule has 2 atom stereocenters. The van der Waals surface area contributed by atoms with E-state index in [4.69, 9.17) is 20.3 Å². The van der Waals surface area contributed by atoms with Gasteiger partial charge in [-0.05, 0) is 48.6 Å². The van der Waals surface area contributed by atoms with E-state index in [1.54, 1.807) is 18.2 Å². The minimum atomic E-state index is -1.23. The number of halogens is 1. The summed E-state index contributed by atoms with van der Waals surface area (Å²) in [7, 11) is 0. The molecule has 0 bridgehead atoms. The fourth-order valence-corrected chi connectivity index (χ4v) is 5.78. The second-order valence-corrected chi connectivity index (χ2v) is 11.8. The lowest BCUT2D eigenvalue weighted by molar-refractivity contribution is -0.139. The monoisotopic (exact) mass is 661 g/mol. The van der Waals surface area contributed by atoms with Gasteiger partial charge >= 0.3 is 5.97 Å². The van der Waals surface area contributed by atoms with Crippen LogP contribution in [-0.4, -0.2) is 70.3 Å². The molecule has 0 radical (unpaired) electrons. The first-order valence-electron chi connectivity index (χ1n) is 16.1. The maximum atomic E-state index is 14.8. The highest BCUT2D eigenvalue weighted by Crippen LogP contribution is 2.45. The van der Waals surface area contributed by atoms with Crippen molar-refractivity contribution >= 4 is 17.6 Å². The fraction of sp³-hybridized carbons (Fsp3) is 0.351. The number of aliphatic carboxylic acids is 1. The summed E-state index contributed by atoms with van der Waals surface area (Å²) < 4.78 is 28.3. The van der Waals surface area contributed by atoms with E-state index in [-0.39, 0.29) is 50.2 Å². The molecule has 0 saturated heterocycles. The van der Waals surface area contributed by atoms with E-state index < -0.39 is 30.4 Å². The van der Waals surface area contributed by atoms with E-state index in [0.29, 0.717) is 46.9 Å². The topological polar surface area (TPSA) is 156 Å². The molecule has 1 amide bonds. The van der Waals surface area contributed by atoms with Gasteiger partial charge in [-0.15, -0.1) is 0 Å². The number of carbonyl (C=O) groups is 2. The molecule has 10 nitrogen and oxygen atoms in total. The Morgan fingerprint density at radius 1 is 0.938 bits per heavy atom. The molecule has 256 valence electrons. The third-order valence-electron chi connectivity index (χ3n) is 7.76. The number of amides is 1. The van der Waals surface area contributed by atoms with E-state index in [2.05, 4.69) is 5.32 Å². The minimum Gasteiger partial charge on any atom is -0.490 e. The van der Waals surface area contributed by atoms with Crippen LogP contribution in [0.15, 0.2) is 78.9 Å². The summed E-state index contributed by atoms with van der Waals surface area (Å²) in [5.74, 6) is -1.97. The predicted molar refractivity (Wildman–Crippen MR) is 183 cm³/mol. The Morgan fingerprint density at radius 3 is 2.27 bits per heavy atom. The van der Waals surface area contributed by atoms with Gasteiger partial charge in [-0.1, -0.05) is 62.4 Å². The Balaban J connectivity index is 1.93. The van der Waals surface area contributed by atoms with Crippen molar-refractivity contribution in [2.75, 3.05) is 31.7 Å². The number of carboxylic acid groups (broad SMARTS) is 1. The Hall–Kier alpha value is -4.55. The lowest BCUT2D eigenvalue weighted by atomic mass is 9.94. The molecule has 11 heteroatoms. The Labute approximate surface area is 279 Å². The number of carboxylic acids is 1. The van der Waals surface area contributed by atoms with Gasteiger partial charge < -0.3 is 40.4 Å².